The van der Waals surface area contributed by atoms with Crippen LogP contribution in [0.25, 0.3) is 0 Å². The molecule has 18 heavy (non-hydrogen) atoms. The zero-order valence-corrected chi connectivity index (χ0v) is 12.1. The summed E-state index contributed by atoms with van der Waals surface area (Å²) in [6.07, 6.45) is 4.42. The first-order valence-corrected chi connectivity index (χ1v) is 7.59. The van der Waals surface area contributed by atoms with Crippen LogP contribution in [0.1, 0.15) is 56.9 Å². The Hall–Kier alpha value is -0.870. The molecule has 2 atom stereocenters. The van der Waals surface area contributed by atoms with Crippen LogP contribution in [0.4, 0.5) is 0 Å². The average molecular weight is 268 g/mol. The lowest BCUT2D eigenvalue weighted by molar-refractivity contribution is -0.122. The Balaban J connectivity index is 2.39. The third kappa shape index (κ3) is 5.65. The minimum atomic E-state index is 0.141. The first-order valence-electron chi connectivity index (χ1n) is 6.71. The highest BCUT2D eigenvalue weighted by molar-refractivity contribution is 7.10. The summed E-state index contributed by atoms with van der Waals surface area (Å²) in [5.41, 5.74) is 5.67. The average Bonchev–Trinajstić information content (AvgIpc) is 2.81. The second-order valence-corrected chi connectivity index (χ2v) is 5.77. The van der Waals surface area contributed by atoms with Crippen LogP contribution in [0.3, 0.4) is 0 Å². The number of carbonyl (C=O) groups excluding carboxylic acids is 1. The summed E-state index contributed by atoms with van der Waals surface area (Å²) in [7, 11) is 0. The highest BCUT2D eigenvalue weighted by Crippen LogP contribution is 2.23. The summed E-state index contributed by atoms with van der Waals surface area (Å²) < 4.78 is 0. The lowest BCUT2D eigenvalue weighted by atomic mass is 10.1. The summed E-state index contributed by atoms with van der Waals surface area (Å²) in [6, 6.07) is 4.48. The van der Waals surface area contributed by atoms with E-state index in [0.717, 1.165) is 25.7 Å². The van der Waals surface area contributed by atoms with Crippen molar-refractivity contribution in [3.63, 3.8) is 0 Å². The number of carbonyl (C=O) groups is 1. The van der Waals surface area contributed by atoms with Crippen LogP contribution in [-0.2, 0) is 4.79 Å². The quantitative estimate of drug-likeness (QED) is 0.760. The summed E-state index contributed by atoms with van der Waals surface area (Å²) >= 11 is 1.71. The summed E-state index contributed by atoms with van der Waals surface area (Å²) in [5, 5.41) is 5.18. The van der Waals surface area contributed by atoms with E-state index < -0.39 is 0 Å². The van der Waals surface area contributed by atoms with Crippen LogP contribution < -0.4 is 11.1 Å². The van der Waals surface area contributed by atoms with Crippen LogP contribution >= 0.6 is 11.3 Å². The van der Waals surface area contributed by atoms with Gasteiger partial charge in [0.05, 0.1) is 6.04 Å². The molecule has 0 spiro atoms. The molecule has 0 aliphatic carbocycles. The maximum atomic E-state index is 11.9. The van der Waals surface area contributed by atoms with Crippen LogP contribution in [-0.4, -0.2) is 11.9 Å². The minimum absolute atomic E-state index is 0.141. The molecule has 0 aliphatic heterocycles. The Morgan fingerprint density at radius 2 is 2.28 bits per heavy atom. The van der Waals surface area contributed by atoms with Crippen molar-refractivity contribution in [1.29, 1.82) is 0 Å². The third-order valence-electron chi connectivity index (χ3n) is 2.86. The normalized spacial score (nSPS) is 14.2. The van der Waals surface area contributed by atoms with E-state index in [9.17, 15) is 4.79 Å². The summed E-state index contributed by atoms with van der Waals surface area (Å²) in [4.78, 5) is 13.1. The van der Waals surface area contributed by atoms with Crippen LogP contribution in [0, 0.1) is 0 Å². The number of thiophene rings is 1. The van der Waals surface area contributed by atoms with Gasteiger partial charge in [-0.2, -0.15) is 0 Å². The molecule has 0 aromatic carbocycles. The van der Waals surface area contributed by atoms with Gasteiger partial charge < -0.3 is 11.1 Å². The van der Waals surface area contributed by atoms with Crippen LogP contribution in [0.5, 0.6) is 0 Å². The molecule has 1 aromatic heterocycles. The fourth-order valence-corrected chi connectivity index (χ4v) is 2.73. The van der Waals surface area contributed by atoms with E-state index in [1.54, 1.807) is 11.3 Å². The van der Waals surface area contributed by atoms with Crippen molar-refractivity contribution in [3.05, 3.63) is 22.4 Å². The summed E-state index contributed by atoms with van der Waals surface area (Å²) in [5.74, 6) is 0.141. The van der Waals surface area contributed by atoms with Gasteiger partial charge in [0.1, 0.15) is 0 Å². The van der Waals surface area contributed by atoms with Gasteiger partial charge >= 0.3 is 0 Å². The van der Waals surface area contributed by atoms with Gasteiger partial charge in [0.15, 0.2) is 0 Å². The van der Waals surface area contributed by atoms with E-state index in [-0.39, 0.29) is 18.0 Å². The second kappa shape index (κ2) is 8.27. The van der Waals surface area contributed by atoms with Crippen molar-refractivity contribution in [1.82, 2.24) is 5.32 Å². The second-order valence-electron chi connectivity index (χ2n) is 4.79. The lowest BCUT2D eigenvalue weighted by Gasteiger charge is -2.17. The van der Waals surface area contributed by atoms with E-state index in [0.29, 0.717) is 6.42 Å². The molecule has 3 N–H and O–H groups in total. The maximum Gasteiger partial charge on any atom is 0.220 e. The van der Waals surface area contributed by atoms with Gasteiger partial charge in [-0.25, -0.2) is 0 Å². The maximum absolute atomic E-state index is 11.9. The first-order chi connectivity index (χ1) is 8.63. The van der Waals surface area contributed by atoms with Crippen molar-refractivity contribution in [2.75, 3.05) is 0 Å². The zero-order valence-electron chi connectivity index (χ0n) is 11.3. The van der Waals surface area contributed by atoms with Gasteiger partial charge in [-0.3, -0.25) is 4.79 Å². The Bertz CT molecular complexity index is 336. The van der Waals surface area contributed by atoms with E-state index in [2.05, 4.69) is 23.7 Å². The SMILES string of the molecule is CCCC(NC(=O)CCCC(C)N)c1cccs1. The Morgan fingerprint density at radius 1 is 1.50 bits per heavy atom. The van der Waals surface area contributed by atoms with Gasteiger partial charge in [-0.15, -0.1) is 11.3 Å². The molecule has 102 valence electrons. The molecule has 1 aromatic rings. The fourth-order valence-electron chi connectivity index (χ4n) is 1.91. The van der Waals surface area contributed by atoms with Gasteiger partial charge in [0.2, 0.25) is 5.91 Å². The molecule has 3 nitrogen and oxygen atoms in total. The molecular weight excluding hydrogens is 244 g/mol. The van der Waals surface area contributed by atoms with E-state index in [1.165, 1.54) is 4.88 Å². The van der Waals surface area contributed by atoms with Crippen molar-refractivity contribution < 1.29 is 4.79 Å². The van der Waals surface area contributed by atoms with Crippen molar-refractivity contribution >= 4 is 17.2 Å². The molecule has 2 unspecified atom stereocenters. The Labute approximate surface area is 114 Å². The summed E-state index contributed by atoms with van der Waals surface area (Å²) in [6.45, 7) is 4.12. The Morgan fingerprint density at radius 3 is 2.83 bits per heavy atom. The molecule has 0 bridgehead atoms. The van der Waals surface area contributed by atoms with Crippen LogP contribution in [0.15, 0.2) is 17.5 Å². The van der Waals surface area contributed by atoms with E-state index in [4.69, 9.17) is 5.73 Å². The largest absolute Gasteiger partial charge is 0.348 e. The third-order valence-corrected chi connectivity index (χ3v) is 3.85. The van der Waals surface area contributed by atoms with Crippen LogP contribution in [0.2, 0.25) is 0 Å². The molecule has 4 heteroatoms. The lowest BCUT2D eigenvalue weighted by Crippen LogP contribution is -2.28. The minimum Gasteiger partial charge on any atom is -0.348 e. The molecule has 0 saturated carbocycles. The van der Waals surface area contributed by atoms with Gasteiger partial charge in [0, 0.05) is 17.3 Å². The van der Waals surface area contributed by atoms with Crippen molar-refractivity contribution in [3.8, 4) is 0 Å². The number of nitrogens with two attached hydrogens (primary N) is 1. The molecule has 0 aliphatic rings. The number of hydrogen-bond acceptors (Lipinski definition) is 3. The fraction of sp³-hybridized carbons (Fsp3) is 0.643. The van der Waals surface area contributed by atoms with E-state index in [1.807, 2.05) is 13.0 Å². The predicted molar refractivity (Wildman–Crippen MR) is 77.6 cm³/mol. The zero-order chi connectivity index (χ0) is 13.4. The molecule has 0 saturated heterocycles. The van der Waals surface area contributed by atoms with Crippen molar-refractivity contribution in [2.45, 2.75) is 58.0 Å². The Kier molecular flexibility index (Phi) is 6.98. The molecule has 1 heterocycles. The van der Waals surface area contributed by atoms with E-state index >= 15 is 0 Å². The highest BCUT2D eigenvalue weighted by Gasteiger charge is 2.14. The predicted octanol–water partition coefficient (Wildman–Crippen LogP) is 3.22. The first kappa shape index (κ1) is 15.2. The molecular formula is C14H24N2OS. The number of hydrogen-bond donors (Lipinski definition) is 2. The standard InChI is InChI=1S/C14H24N2OS/c1-3-6-12(13-8-5-10-18-13)16-14(17)9-4-7-11(2)15/h5,8,10-12H,3-4,6-7,9,15H2,1-2H3,(H,16,17). The van der Waals surface area contributed by atoms with Gasteiger partial charge in [0.25, 0.3) is 0 Å². The molecule has 0 fully saturated rings. The van der Waals surface area contributed by atoms with Gasteiger partial charge in [-0.1, -0.05) is 19.4 Å². The number of rotatable bonds is 8. The van der Waals surface area contributed by atoms with Crippen molar-refractivity contribution in [2.24, 2.45) is 5.73 Å². The van der Waals surface area contributed by atoms with Gasteiger partial charge in [-0.05, 0) is 37.6 Å². The molecule has 0 radical (unpaired) electrons. The number of amides is 1. The smallest absolute Gasteiger partial charge is 0.220 e. The topological polar surface area (TPSA) is 55.1 Å². The highest BCUT2D eigenvalue weighted by atomic mass is 32.1. The molecule has 1 amide bonds. The molecule has 1 rings (SSSR count). The monoisotopic (exact) mass is 268 g/mol. The number of nitrogens with one attached hydrogen (secondary N) is 1.